The van der Waals surface area contributed by atoms with Crippen LogP contribution in [-0.2, 0) is 15.8 Å². The summed E-state index contributed by atoms with van der Waals surface area (Å²) in [4.78, 5) is 2.48. The zero-order valence-electron chi connectivity index (χ0n) is 9.39. The average Bonchev–Trinajstić information content (AvgIpc) is 2.84. The van der Waals surface area contributed by atoms with E-state index in [2.05, 4.69) is 4.84 Å². The summed E-state index contributed by atoms with van der Waals surface area (Å²) in [5.41, 5.74) is 1.54. The number of hydrogen-bond acceptors (Lipinski definition) is 3. The quantitative estimate of drug-likeness (QED) is 0.856. The highest BCUT2D eigenvalue weighted by atomic mass is 35.5. The number of halogens is 1. The molecule has 1 aromatic rings. The van der Waals surface area contributed by atoms with Crippen LogP contribution in [0.5, 0.6) is 0 Å². The first-order valence-electron chi connectivity index (χ1n) is 5.55. The van der Waals surface area contributed by atoms with Crippen LogP contribution in [0.4, 0.5) is 5.69 Å². The minimum atomic E-state index is -3.15. The highest BCUT2D eigenvalue weighted by Crippen LogP contribution is 2.18. The third kappa shape index (κ3) is 3.12. The standard InChI is InChI=1S/C11H15ClN2O2S/c12-13-11-5-3-10(4-6-11)9-17(15,16)14-7-1-2-8-14/h3-6,13H,1-2,7-9H2. The van der Waals surface area contributed by atoms with Crippen molar-refractivity contribution in [3.8, 4) is 0 Å². The first-order valence-corrected chi connectivity index (χ1v) is 7.54. The zero-order chi connectivity index (χ0) is 12.3. The van der Waals surface area contributed by atoms with Gasteiger partial charge in [-0.3, -0.25) is 4.84 Å². The molecule has 1 aromatic carbocycles. The zero-order valence-corrected chi connectivity index (χ0v) is 11.0. The van der Waals surface area contributed by atoms with E-state index in [1.54, 1.807) is 28.6 Å². The first-order chi connectivity index (χ1) is 8.12. The molecule has 0 amide bonds. The van der Waals surface area contributed by atoms with Crippen molar-refractivity contribution >= 4 is 27.5 Å². The molecule has 4 nitrogen and oxygen atoms in total. The molecule has 0 aliphatic carbocycles. The minimum absolute atomic E-state index is 0.0650. The smallest absolute Gasteiger partial charge is 0.218 e. The van der Waals surface area contributed by atoms with Gasteiger partial charge in [0.15, 0.2) is 0 Å². The molecule has 17 heavy (non-hydrogen) atoms. The molecule has 6 heteroatoms. The van der Waals surface area contributed by atoms with Crippen LogP contribution in [0.25, 0.3) is 0 Å². The van der Waals surface area contributed by atoms with Gasteiger partial charge >= 0.3 is 0 Å². The maximum Gasteiger partial charge on any atom is 0.218 e. The van der Waals surface area contributed by atoms with Crippen molar-refractivity contribution < 1.29 is 8.42 Å². The van der Waals surface area contributed by atoms with Crippen LogP contribution in [0.3, 0.4) is 0 Å². The molecule has 1 heterocycles. The van der Waals surface area contributed by atoms with Crippen molar-refractivity contribution in [2.45, 2.75) is 18.6 Å². The summed E-state index contributed by atoms with van der Waals surface area (Å²) in [6, 6.07) is 7.08. The van der Waals surface area contributed by atoms with Gasteiger partial charge in [0, 0.05) is 30.6 Å². The van der Waals surface area contributed by atoms with Gasteiger partial charge in [-0.2, -0.15) is 0 Å². The van der Waals surface area contributed by atoms with Gasteiger partial charge < -0.3 is 0 Å². The lowest BCUT2D eigenvalue weighted by molar-refractivity contribution is 0.476. The summed E-state index contributed by atoms with van der Waals surface area (Å²) in [6.07, 6.45) is 1.93. The molecule has 0 unspecified atom stereocenters. The highest BCUT2D eigenvalue weighted by Gasteiger charge is 2.25. The van der Waals surface area contributed by atoms with Crippen LogP contribution in [0.1, 0.15) is 18.4 Å². The van der Waals surface area contributed by atoms with Crippen LogP contribution in [0.2, 0.25) is 0 Å². The summed E-state index contributed by atoms with van der Waals surface area (Å²) in [6.45, 7) is 1.31. The Morgan fingerprint density at radius 3 is 2.29 bits per heavy atom. The fourth-order valence-corrected chi connectivity index (χ4v) is 3.67. The normalized spacial score (nSPS) is 17.2. The molecule has 1 fully saturated rings. The van der Waals surface area contributed by atoms with Crippen LogP contribution in [0.15, 0.2) is 24.3 Å². The Kier molecular flexibility index (Phi) is 3.91. The number of benzene rings is 1. The maximum atomic E-state index is 12.0. The molecule has 1 saturated heterocycles. The molecule has 0 atom stereocenters. The Bertz CT molecular complexity index is 467. The van der Waals surface area contributed by atoms with Gasteiger partial charge in [-0.1, -0.05) is 12.1 Å². The first kappa shape index (κ1) is 12.7. The third-order valence-electron chi connectivity index (χ3n) is 2.87. The van der Waals surface area contributed by atoms with E-state index >= 15 is 0 Å². The second-order valence-electron chi connectivity index (χ2n) is 4.15. The Labute approximate surface area is 107 Å². The monoisotopic (exact) mass is 274 g/mol. The van der Waals surface area contributed by atoms with Gasteiger partial charge in [-0.05, 0) is 30.5 Å². The predicted octanol–water partition coefficient (Wildman–Crippen LogP) is 2.18. The fourth-order valence-electron chi connectivity index (χ4n) is 1.93. The van der Waals surface area contributed by atoms with E-state index in [1.165, 1.54) is 0 Å². The van der Waals surface area contributed by atoms with Gasteiger partial charge in [-0.15, -0.1) is 0 Å². The van der Waals surface area contributed by atoms with E-state index in [1.807, 2.05) is 0 Å². The lowest BCUT2D eigenvalue weighted by atomic mass is 10.2. The molecule has 0 aromatic heterocycles. The van der Waals surface area contributed by atoms with Gasteiger partial charge in [0.05, 0.1) is 5.75 Å². The van der Waals surface area contributed by atoms with Crippen molar-refractivity contribution in [1.29, 1.82) is 0 Å². The Hall–Kier alpha value is -0.780. The second kappa shape index (κ2) is 5.25. The van der Waals surface area contributed by atoms with Gasteiger partial charge in [0.1, 0.15) is 0 Å². The third-order valence-corrected chi connectivity index (χ3v) is 4.94. The molecule has 0 saturated carbocycles. The Morgan fingerprint density at radius 1 is 1.18 bits per heavy atom. The SMILES string of the molecule is O=S(=O)(Cc1ccc(NCl)cc1)N1CCCC1. The molecule has 2 rings (SSSR count). The largest absolute Gasteiger partial charge is 0.299 e. The maximum absolute atomic E-state index is 12.0. The van der Waals surface area contributed by atoms with E-state index in [4.69, 9.17) is 11.8 Å². The van der Waals surface area contributed by atoms with Crippen LogP contribution >= 0.6 is 11.8 Å². The summed E-state index contributed by atoms with van der Waals surface area (Å²) < 4.78 is 25.7. The molecule has 1 N–H and O–H groups in total. The summed E-state index contributed by atoms with van der Waals surface area (Å²) in [5, 5.41) is 0. The van der Waals surface area contributed by atoms with E-state index in [9.17, 15) is 8.42 Å². The lowest BCUT2D eigenvalue weighted by Gasteiger charge is -2.15. The minimum Gasteiger partial charge on any atom is -0.299 e. The number of hydrogen-bond donors (Lipinski definition) is 1. The van der Waals surface area contributed by atoms with Crippen LogP contribution < -0.4 is 4.84 Å². The van der Waals surface area contributed by atoms with Crippen LogP contribution in [0, 0.1) is 0 Å². The second-order valence-corrected chi connectivity index (χ2v) is 6.31. The number of nitrogens with one attached hydrogen (secondary N) is 1. The van der Waals surface area contributed by atoms with Gasteiger partial charge in [-0.25, -0.2) is 12.7 Å². The number of rotatable bonds is 4. The van der Waals surface area contributed by atoms with Crippen molar-refractivity contribution in [2.24, 2.45) is 0 Å². The highest BCUT2D eigenvalue weighted by molar-refractivity contribution is 7.88. The molecule has 0 bridgehead atoms. The van der Waals surface area contributed by atoms with Gasteiger partial charge in [0.25, 0.3) is 0 Å². The molecule has 94 valence electrons. The van der Waals surface area contributed by atoms with Crippen molar-refractivity contribution in [2.75, 3.05) is 17.9 Å². The van der Waals surface area contributed by atoms with E-state index < -0.39 is 10.0 Å². The van der Waals surface area contributed by atoms with Crippen molar-refractivity contribution in [3.63, 3.8) is 0 Å². The summed E-state index contributed by atoms with van der Waals surface area (Å²) >= 11 is 5.44. The summed E-state index contributed by atoms with van der Waals surface area (Å²) in [7, 11) is -3.15. The van der Waals surface area contributed by atoms with E-state index in [-0.39, 0.29) is 5.75 Å². The lowest BCUT2D eigenvalue weighted by Crippen LogP contribution is -2.29. The van der Waals surface area contributed by atoms with Crippen molar-refractivity contribution in [3.05, 3.63) is 29.8 Å². The number of nitrogens with zero attached hydrogens (tertiary/aromatic N) is 1. The van der Waals surface area contributed by atoms with Gasteiger partial charge in [0.2, 0.25) is 10.0 Å². The molecule has 0 radical (unpaired) electrons. The van der Waals surface area contributed by atoms with Crippen LogP contribution in [-0.4, -0.2) is 25.8 Å². The molecule has 0 spiro atoms. The average molecular weight is 275 g/mol. The number of anilines is 1. The van der Waals surface area contributed by atoms with E-state index in [0.29, 0.717) is 13.1 Å². The topological polar surface area (TPSA) is 49.4 Å². The Morgan fingerprint density at radius 2 is 1.76 bits per heavy atom. The predicted molar refractivity (Wildman–Crippen MR) is 69.3 cm³/mol. The molecule has 1 aliphatic heterocycles. The molecular formula is C11H15ClN2O2S. The van der Waals surface area contributed by atoms with Crippen molar-refractivity contribution in [1.82, 2.24) is 4.31 Å². The fraction of sp³-hybridized carbons (Fsp3) is 0.455. The number of sulfonamides is 1. The molecular weight excluding hydrogens is 260 g/mol. The van der Waals surface area contributed by atoms with E-state index in [0.717, 1.165) is 24.1 Å². The molecule has 1 aliphatic rings. The Balaban J connectivity index is 2.08. The summed E-state index contributed by atoms with van der Waals surface area (Å²) in [5.74, 6) is 0.0650.